The third-order valence-electron chi connectivity index (χ3n) is 4.40. The molecule has 24 heavy (non-hydrogen) atoms. The standard InChI is InChI=1S/C17H20N2O4S/c1-3-11-4-5-13-12(8-11)15(20)16(21)19(13)10-18-6-7-24-14(9-18)17(22)23-2/h4-5,8,14H,3,6-7,9-10H2,1-2H3/t14-/m1/s1. The first-order valence-electron chi connectivity index (χ1n) is 7.96. The largest absolute Gasteiger partial charge is 0.468 e. The van der Waals surface area contributed by atoms with Crippen molar-refractivity contribution in [1.29, 1.82) is 0 Å². The van der Waals surface area contributed by atoms with Gasteiger partial charge < -0.3 is 4.74 Å². The monoisotopic (exact) mass is 348 g/mol. The topological polar surface area (TPSA) is 66.9 Å². The fourth-order valence-corrected chi connectivity index (χ4v) is 4.21. The molecular weight excluding hydrogens is 328 g/mol. The van der Waals surface area contributed by atoms with Crippen LogP contribution >= 0.6 is 11.8 Å². The molecule has 1 atom stereocenters. The number of methoxy groups -OCH3 is 1. The molecular formula is C17H20N2O4S. The van der Waals surface area contributed by atoms with E-state index in [0.717, 1.165) is 24.3 Å². The maximum atomic E-state index is 12.4. The zero-order valence-corrected chi connectivity index (χ0v) is 14.6. The zero-order chi connectivity index (χ0) is 17.3. The van der Waals surface area contributed by atoms with Crippen LogP contribution in [0.1, 0.15) is 22.8 Å². The van der Waals surface area contributed by atoms with Crippen molar-refractivity contribution in [3.8, 4) is 0 Å². The van der Waals surface area contributed by atoms with Gasteiger partial charge in [-0.15, -0.1) is 11.8 Å². The molecule has 0 N–H and O–H groups in total. The van der Waals surface area contributed by atoms with E-state index in [1.807, 2.05) is 24.0 Å². The summed E-state index contributed by atoms with van der Waals surface area (Å²) in [5, 5.41) is -0.251. The predicted molar refractivity (Wildman–Crippen MR) is 92.3 cm³/mol. The number of esters is 1. The van der Waals surface area contributed by atoms with E-state index in [9.17, 15) is 14.4 Å². The van der Waals surface area contributed by atoms with Gasteiger partial charge in [-0.2, -0.15) is 0 Å². The molecule has 0 unspecified atom stereocenters. The predicted octanol–water partition coefficient (Wildman–Crippen LogP) is 1.33. The van der Waals surface area contributed by atoms with E-state index in [0.29, 0.717) is 24.5 Å². The van der Waals surface area contributed by atoms with Crippen LogP contribution in [0.4, 0.5) is 5.69 Å². The van der Waals surface area contributed by atoms with Crippen LogP contribution in [0.3, 0.4) is 0 Å². The number of fused-ring (bicyclic) bond motifs is 1. The average Bonchev–Trinajstić information content (AvgIpc) is 2.85. The van der Waals surface area contributed by atoms with Gasteiger partial charge >= 0.3 is 11.9 Å². The van der Waals surface area contributed by atoms with E-state index in [1.54, 1.807) is 17.8 Å². The third-order valence-corrected chi connectivity index (χ3v) is 5.56. The number of Topliss-reactive ketones (excluding diaryl/α,β-unsaturated/α-hetero) is 1. The number of nitrogens with zero attached hydrogens (tertiary/aromatic N) is 2. The maximum absolute atomic E-state index is 12.4. The Morgan fingerprint density at radius 1 is 1.38 bits per heavy atom. The molecule has 1 aromatic carbocycles. The molecule has 1 saturated heterocycles. The van der Waals surface area contributed by atoms with E-state index >= 15 is 0 Å². The molecule has 1 fully saturated rings. The number of thioether (sulfide) groups is 1. The molecule has 2 heterocycles. The summed E-state index contributed by atoms with van der Waals surface area (Å²) in [7, 11) is 1.38. The number of anilines is 1. The molecule has 3 rings (SSSR count). The van der Waals surface area contributed by atoms with Gasteiger partial charge in [0.25, 0.3) is 5.78 Å². The molecule has 7 heteroatoms. The quantitative estimate of drug-likeness (QED) is 0.604. The Morgan fingerprint density at radius 3 is 2.88 bits per heavy atom. The minimum atomic E-state index is -0.494. The molecule has 0 saturated carbocycles. The highest BCUT2D eigenvalue weighted by Gasteiger charge is 2.38. The van der Waals surface area contributed by atoms with E-state index in [1.165, 1.54) is 12.0 Å². The van der Waals surface area contributed by atoms with Crippen molar-refractivity contribution in [2.45, 2.75) is 18.6 Å². The molecule has 0 spiro atoms. The Hall–Kier alpha value is -1.86. The number of ether oxygens (including phenoxy) is 1. The normalized spacial score (nSPS) is 21.1. The van der Waals surface area contributed by atoms with Crippen molar-refractivity contribution < 1.29 is 19.1 Å². The van der Waals surface area contributed by atoms with Crippen LogP contribution < -0.4 is 4.90 Å². The first kappa shape index (κ1) is 17.0. The third kappa shape index (κ3) is 3.06. The average molecular weight is 348 g/mol. The van der Waals surface area contributed by atoms with Crippen LogP contribution in [0.2, 0.25) is 0 Å². The van der Waals surface area contributed by atoms with Crippen LogP contribution in [-0.4, -0.2) is 60.4 Å². The summed E-state index contributed by atoms with van der Waals surface area (Å²) in [4.78, 5) is 39.9. The van der Waals surface area contributed by atoms with E-state index < -0.39 is 11.7 Å². The van der Waals surface area contributed by atoms with Gasteiger partial charge in [-0.1, -0.05) is 13.0 Å². The van der Waals surface area contributed by atoms with Gasteiger partial charge in [0.2, 0.25) is 0 Å². The van der Waals surface area contributed by atoms with E-state index in [4.69, 9.17) is 4.74 Å². The molecule has 0 radical (unpaired) electrons. The van der Waals surface area contributed by atoms with Crippen molar-refractivity contribution >= 4 is 35.1 Å². The van der Waals surface area contributed by atoms with Crippen LogP contribution in [-0.2, 0) is 20.7 Å². The van der Waals surface area contributed by atoms with Crippen LogP contribution in [0.25, 0.3) is 0 Å². The Bertz CT molecular complexity index is 691. The van der Waals surface area contributed by atoms with Crippen LogP contribution in [0.5, 0.6) is 0 Å². The van der Waals surface area contributed by atoms with Gasteiger partial charge in [-0.25, -0.2) is 0 Å². The maximum Gasteiger partial charge on any atom is 0.320 e. The number of rotatable bonds is 4. The first-order valence-corrected chi connectivity index (χ1v) is 9.01. The lowest BCUT2D eigenvalue weighted by atomic mass is 10.1. The summed E-state index contributed by atoms with van der Waals surface area (Å²) in [6, 6.07) is 5.59. The van der Waals surface area contributed by atoms with Gasteiger partial charge in [0.05, 0.1) is 25.0 Å². The summed E-state index contributed by atoms with van der Waals surface area (Å²) >= 11 is 1.56. The molecule has 0 aliphatic carbocycles. The number of amides is 1. The fourth-order valence-electron chi connectivity index (χ4n) is 3.01. The van der Waals surface area contributed by atoms with Crippen LogP contribution in [0.15, 0.2) is 18.2 Å². The lowest BCUT2D eigenvalue weighted by Crippen LogP contribution is -2.48. The van der Waals surface area contributed by atoms with Crippen molar-refractivity contribution in [1.82, 2.24) is 4.90 Å². The summed E-state index contributed by atoms with van der Waals surface area (Å²) in [6.07, 6.45) is 0.818. The van der Waals surface area contributed by atoms with Crippen LogP contribution in [0, 0.1) is 0 Å². The molecule has 6 nitrogen and oxygen atoms in total. The number of carbonyl (C=O) groups excluding carboxylic acids is 3. The van der Waals surface area contributed by atoms with Gasteiger partial charge in [0.15, 0.2) is 0 Å². The molecule has 1 aromatic rings. The molecule has 2 aliphatic heterocycles. The summed E-state index contributed by atoms with van der Waals surface area (Å²) in [6.45, 7) is 3.60. The first-order chi connectivity index (χ1) is 11.5. The second-order valence-electron chi connectivity index (χ2n) is 5.87. The summed E-state index contributed by atoms with van der Waals surface area (Å²) in [5.74, 6) is -0.402. The Balaban J connectivity index is 1.77. The minimum absolute atomic E-state index is 0.249. The molecule has 128 valence electrons. The summed E-state index contributed by atoms with van der Waals surface area (Å²) < 4.78 is 4.81. The van der Waals surface area contributed by atoms with Crippen molar-refractivity contribution in [2.75, 3.05) is 37.5 Å². The number of hydrogen-bond donors (Lipinski definition) is 0. The van der Waals surface area contributed by atoms with Crippen molar-refractivity contribution in [3.05, 3.63) is 29.3 Å². The lowest BCUT2D eigenvalue weighted by molar-refractivity contribution is -0.140. The lowest BCUT2D eigenvalue weighted by Gasteiger charge is -2.33. The van der Waals surface area contributed by atoms with Crippen molar-refractivity contribution in [2.24, 2.45) is 0 Å². The highest BCUT2D eigenvalue weighted by Crippen LogP contribution is 2.31. The number of benzene rings is 1. The van der Waals surface area contributed by atoms with E-state index in [2.05, 4.69) is 0 Å². The van der Waals surface area contributed by atoms with Gasteiger partial charge in [-0.3, -0.25) is 24.2 Å². The number of ketones is 1. The van der Waals surface area contributed by atoms with Gasteiger partial charge in [0.1, 0.15) is 5.25 Å². The van der Waals surface area contributed by atoms with Gasteiger partial charge in [0, 0.05) is 18.8 Å². The van der Waals surface area contributed by atoms with E-state index in [-0.39, 0.29) is 11.2 Å². The van der Waals surface area contributed by atoms with Crippen molar-refractivity contribution in [3.63, 3.8) is 0 Å². The Kier molecular flexibility index (Phi) is 4.91. The highest BCUT2D eigenvalue weighted by molar-refractivity contribution is 8.00. The molecule has 2 aliphatic rings. The number of carbonyl (C=O) groups is 3. The zero-order valence-electron chi connectivity index (χ0n) is 13.8. The number of hydrogen-bond acceptors (Lipinski definition) is 6. The minimum Gasteiger partial charge on any atom is -0.468 e. The highest BCUT2D eigenvalue weighted by atomic mass is 32.2. The summed E-state index contributed by atoms with van der Waals surface area (Å²) in [5.41, 5.74) is 2.18. The SMILES string of the molecule is CCc1ccc2c(c1)C(=O)C(=O)N2CN1CCS[C@@H](C(=O)OC)C1. The fraction of sp³-hybridized carbons (Fsp3) is 0.471. The smallest absolute Gasteiger partial charge is 0.320 e. The number of aryl methyl sites for hydroxylation is 1. The Labute approximate surface area is 145 Å². The van der Waals surface area contributed by atoms with Gasteiger partial charge in [-0.05, 0) is 24.1 Å². The second-order valence-corrected chi connectivity index (χ2v) is 7.18. The Morgan fingerprint density at radius 2 is 2.17 bits per heavy atom. The molecule has 0 aromatic heterocycles. The molecule has 0 bridgehead atoms. The molecule has 1 amide bonds. The second kappa shape index (κ2) is 6.94.